The second kappa shape index (κ2) is 7.25. The average Bonchev–Trinajstić information content (AvgIpc) is 2.58. The van der Waals surface area contributed by atoms with Crippen LogP contribution in [0.4, 0.5) is 0 Å². The Morgan fingerprint density at radius 1 is 0.941 bits per heavy atom. The molecule has 2 amide bonds. The van der Waals surface area contributed by atoms with Gasteiger partial charge in [-0.15, -0.1) is 0 Å². The van der Waals surface area contributed by atoms with Gasteiger partial charge >= 0.3 is 0 Å². The van der Waals surface area contributed by atoms with E-state index in [0.717, 1.165) is 18.8 Å². The van der Waals surface area contributed by atoms with Crippen LogP contribution >= 0.6 is 0 Å². The van der Waals surface area contributed by atoms with Gasteiger partial charge in [0.2, 0.25) is 0 Å². The summed E-state index contributed by atoms with van der Waals surface area (Å²) in [6, 6.07) is 0. The number of imide groups is 1. The van der Waals surface area contributed by atoms with E-state index in [1.165, 1.54) is 42.7 Å². The molecule has 0 N–H and O–H groups in total. The van der Waals surface area contributed by atoms with E-state index in [2.05, 4.69) is 13.8 Å². The van der Waals surface area contributed by atoms with E-state index < -0.39 is 0 Å². The summed E-state index contributed by atoms with van der Waals surface area (Å²) in [4.78, 5) is 23.8. The fraction of sp³-hybridized carbons (Fsp3) is 0.714. The van der Waals surface area contributed by atoms with Gasteiger partial charge in [0.15, 0.2) is 0 Å². The SMILES string of the molecule is CC(C)CCCCCCCN1C(=O)C=CC1=O. The van der Waals surface area contributed by atoms with Gasteiger partial charge in [-0.1, -0.05) is 46.0 Å². The Labute approximate surface area is 104 Å². The monoisotopic (exact) mass is 237 g/mol. The molecule has 0 saturated carbocycles. The maximum absolute atomic E-state index is 11.2. The molecule has 1 rings (SSSR count). The molecule has 0 aromatic rings. The maximum atomic E-state index is 11.2. The number of hydrogen-bond donors (Lipinski definition) is 0. The third-order valence-corrected chi connectivity index (χ3v) is 3.06. The second-order valence-electron chi connectivity index (χ2n) is 5.11. The number of unbranched alkanes of at least 4 members (excludes halogenated alkanes) is 4. The molecule has 1 heterocycles. The van der Waals surface area contributed by atoms with Gasteiger partial charge in [0.05, 0.1) is 0 Å². The largest absolute Gasteiger partial charge is 0.275 e. The van der Waals surface area contributed by atoms with Crippen molar-refractivity contribution < 1.29 is 9.59 Å². The van der Waals surface area contributed by atoms with Crippen LogP contribution in [0.5, 0.6) is 0 Å². The van der Waals surface area contributed by atoms with Crippen LogP contribution in [0.15, 0.2) is 12.2 Å². The molecule has 0 radical (unpaired) electrons. The topological polar surface area (TPSA) is 37.4 Å². The van der Waals surface area contributed by atoms with E-state index in [1.807, 2.05) is 0 Å². The quantitative estimate of drug-likeness (QED) is 0.481. The number of nitrogens with zero attached hydrogens (tertiary/aromatic N) is 1. The molecule has 3 heteroatoms. The van der Waals surface area contributed by atoms with Crippen LogP contribution in [0.1, 0.15) is 52.4 Å². The van der Waals surface area contributed by atoms with Gasteiger partial charge in [0, 0.05) is 18.7 Å². The number of carbonyl (C=O) groups is 2. The first-order valence-electron chi connectivity index (χ1n) is 6.65. The second-order valence-corrected chi connectivity index (χ2v) is 5.11. The van der Waals surface area contributed by atoms with Gasteiger partial charge in [-0.05, 0) is 12.3 Å². The lowest BCUT2D eigenvalue weighted by atomic mass is 10.0. The smallest absolute Gasteiger partial charge is 0.253 e. The highest BCUT2D eigenvalue weighted by Crippen LogP contribution is 2.11. The number of amides is 2. The zero-order chi connectivity index (χ0) is 12.7. The molecule has 96 valence electrons. The lowest BCUT2D eigenvalue weighted by Crippen LogP contribution is -2.30. The van der Waals surface area contributed by atoms with Crippen molar-refractivity contribution in [2.24, 2.45) is 5.92 Å². The number of carbonyl (C=O) groups excluding carboxylic acids is 2. The summed E-state index contributed by atoms with van der Waals surface area (Å²) in [5.41, 5.74) is 0. The molecule has 0 fully saturated rings. The van der Waals surface area contributed by atoms with Crippen molar-refractivity contribution >= 4 is 11.8 Å². The summed E-state index contributed by atoms with van der Waals surface area (Å²) >= 11 is 0. The first-order chi connectivity index (χ1) is 8.11. The Bertz CT molecular complexity index is 277. The fourth-order valence-corrected chi connectivity index (χ4v) is 2.00. The molecule has 0 spiro atoms. The lowest BCUT2D eigenvalue weighted by molar-refractivity contribution is -0.136. The Kier molecular flexibility index (Phi) is 5.95. The third kappa shape index (κ3) is 5.16. The van der Waals surface area contributed by atoms with Gasteiger partial charge in [0.25, 0.3) is 11.8 Å². The minimum Gasteiger partial charge on any atom is -0.275 e. The molecular formula is C14H23NO2. The van der Waals surface area contributed by atoms with Crippen LogP contribution in [-0.4, -0.2) is 23.3 Å². The molecule has 0 bridgehead atoms. The van der Waals surface area contributed by atoms with Crippen LogP contribution in [0.25, 0.3) is 0 Å². The van der Waals surface area contributed by atoms with Crippen molar-refractivity contribution in [2.45, 2.75) is 52.4 Å². The number of hydrogen-bond acceptors (Lipinski definition) is 2. The Morgan fingerprint density at radius 3 is 2.06 bits per heavy atom. The van der Waals surface area contributed by atoms with Crippen LogP contribution in [0.2, 0.25) is 0 Å². The van der Waals surface area contributed by atoms with E-state index in [9.17, 15) is 9.59 Å². The fourth-order valence-electron chi connectivity index (χ4n) is 2.00. The minimum absolute atomic E-state index is 0.158. The Hall–Kier alpha value is -1.12. The van der Waals surface area contributed by atoms with E-state index in [1.54, 1.807) is 0 Å². The van der Waals surface area contributed by atoms with Gasteiger partial charge in [0.1, 0.15) is 0 Å². The first kappa shape index (κ1) is 13.9. The normalized spacial score (nSPS) is 15.4. The summed E-state index contributed by atoms with van der Waals surface area (Å²) in [5.74, 6) is 0.477. The van der Waals surface area contributed by atoms with Crippen molar-refractivity contribution in [3.05, 3.63) is 12.2 Å². The molecule has 1 aliphatic rings. The summed E-state index contributed by atoms with van der Waals surface area (Å²) < 4.78 is 0. The standard InChI is InChI=1S/C14H23NO2/c1-12(2)8-6-4-3-5-7-11-15-13(16)9-10-14(15)17/h9-10,12H,3-8,11H2,1-2H3. The van der Waals surface area contributed by atoms with E-state index in [0.29, 0.717) is 6.54 Å². The summed E-state index contributed by atoms with van der Waals surface area (Å²) in [5, 5.41) is 0. The highest BCUT2D eigenvalue weighted by molar-refractivity contribution is 6.12. The van der Waals surface area contributed by atoms with Gasteiger partial charge in [-0.3, -0.25) is 14.5 Å². The van der Waals surface area contributed by atoms with Crippen LogP contribution in [-0.2, 0) is 9.59 Å². The highest BCUT2D eigenvalue weighted by Gasteiger charge is 2.21. The highest BCUT2D eigenvalue weighted by atomic mass is 16.2. The van der Waals surface area contributed by atoms with E-state index in [4.69, 9.17) is 0 Å². The summed E-state index contributed by atoms with van der Waals surface area (Å²) in [6.45, 7) is 5.07. The van der Waals surface area contributed by atoms with Gasteiger partial charge in [-0.2, -0.15) is 0 Å². The number of rotatable bonds is 8. The Morgan fingerprint density at radius 2 is 1.47 bits per heavy atom. The van der Waals surface area contributed by atoms with Crippen LogP contribution in [0.3, 0.4) is 0 Å². The third-order valence-electron chi connectivity index (χ3n) is 3.06. The molecule has 1 aliphatic heterocycles. The zero-order valence-corrected chi connectivity index (χ0v) is 10.9. The summed E-state index contributed by atoms with van der Waals surface area (Å²) in [7, 11) is 0. The molecule has 3 nitrogen and oxygen atoms in total. The summed E-state index contributed by atoms with van der Waals surface area (Å²) in [6.07, 6.45) is 9.80. The molecule has 0 atom stereocenters. The Balaban J connectivity index is 1.98. The first-order valence-corrected chi connectivity index (χ1v) is 6.65. The van der Waals surface area contributed by atoms with Crippen LogP contribution in [0, 0.1) is 5.92 Å². The molecule has 17 heavy (non-hydrogen) atoms. The predicted molar refractivity (Wildman–Crippen MR) is 68.4 cm³/mol. The lowest BCUT2D eigenvalue weighted by Gasteiger charge is -2.13. The molecule has 0 aromatic heterocycles. The zero-order valence-electron chi connectivity index (χ0n) is 10.9. The van der Waals surface area contributed by atoms with Crippen LogP contribution < -0.4 is 0 Å². The van der Waals surface area contributed by atoms with Gasteiger partial charge in [-0.25, -0.2) is 0 Å². The molecule has 0 saturated heterocycles. The van der Waals surface area contributed by atoms with Crippen molar-refractivity contribution in [3.8, 4) is 0 Å². The van der Waals surface area contributed by atoms with Crippen molar-refractivity contribution in [1.29, 1.82) is 0 Å². The van der Waals surface area contributed by atoms with Crippen molar-refractivity contribution in [2.75, 3.05) is 6.54 Å². The minimum atomic E-state index is -0.158. The molecule has 0 unspecified atom stereocenters. The predicted octanol–water partition coefficient (Wildman–Crippen LogP) is 2.91. The molecular weight excluding hydrogens is 214 g/mol. The maximum Gasteiger partial charge on any atom is 0.253 e. The van der Waals surface area contributed by atoms with E-state index >= 15 is 0 Å². The van der Waals surface area contributed by atoms with E-state index in [-0.39, 0.29) is 11.8 Å². The van der Waals surface area contributed by atoms with Crippen molar-refractivity contribution in [1.82, 2.24) is 4.90 Å². The van der Waals surface area contributed by atoms with Gasteiger partial charge < -0.3 is 0 Å². The molecule has 0 aliphatic carbocycles. The average molecular weight is 237 g/mol. The molecule has 0 aromatic carbocycles. The van der Waals surface area contributed by atoms with Crippen molar-refractivity contribution in [3.63, 3.8) is 0 Å².